The molecule has 0 aliphatic carbocycles. The van der Waals surface area contributed by atoms with Gasteiger partial charge in [0.15, 0.2) is 0 Å². The molecule has 0 amide bonds. The Kier molecular flexibility index (Phi) is 3.95. The summed E-state index contributed by atoms with van der Waals surface area (Å²) in [6, 6.07) is 17.3. The van der Waals surface area contributed by atoms with Crippen LogP contribution in [0.15, 0.2) is 48.5 Å². The summed E-state index contributed by atoms with van der Waals surface area (Å²) in [4.78, 5) is 0. The Bertz CT molecular complexity index is 772. The van der Waals surface area contributed by atoms with Gasteiger partial charge in [0.2, 0.25) is 0 Å². The van der Waals surface area contributed by atoms with Gasteiger partial charge in [0.1, 0.15) is 5.79 Å². The maximum atomic E-state index is 3.77. The molecular formula is C20H27N3. The summed E-state index contributed by atoms with van der Waals surface area (Å²) >= 11 is 0. The van der Waals surface area contributed by atoms with E-state index in [2.05, 4.69) is 98.4 Å². The molecule has 3 aromatic rings. The lowest BCUT2D eigenvalue weighted by Crippen LogP contribution is -2.61. The van der Waals surface area contributed by atoms with Crippen LogP contribution in [0, 0.1) is 0 Å². The van der Waals surface area contributed by atoms with Crippen LogP contribution in [0.1, 0.15) is 34.6 Å². The zero-order valence-electron chi connectivity index (χ0n) is 14.8. The van der Waals surface area contributed by atoms with Crippen molar-refractivity contribution in [1.29, 1.82) is 0 Å². The van der Waals surface area contributed by atoms with Gasteiger partial charge in [0.25, 0.3) is 0 Å². The van der Waals surface area contributed by atoms with Crippen molar-refractivity contribution in [2.45, 2.75) is 45.9 Å². The van der Waals surface area contributed by atoms with E-state index in [1.165, 1.54) is 21.8 Å². The number of nitrogens with one attached hydrogen (secondary N) is 2. The van der Waals surface area contributed by atoms with Crippen LogP contribution >= 0.6 is 0 Å². The second-order valence-corrected chi connectivity index (χ2v) is 7.35. The van der Waals surface area contributed by atoms with Gasteiger partial charge < -0.3 is 4.57 Å². The molecule has 1 heterocycles. The van der Waals surface area contributed by atoms with E-state index in [0.717, 1.165) is 6.54 Å². The number of fused-ring (bicyclic) bond motifs is 3. The van der Waals surface area contributed by atoms with Gasteiger partial charge in [0, 0.05) is 16.3 Å². The molecule has 2 aromatic carbocycles. The number of hydrogen-bond donors (Lipinski definition) is 2. The topological polar surface area (TPSA) is 29.0 Å². The lowest BCUT2D eigenvalue weighted by atomic mass is 10.1. The summed E-state index contributed by atoms with van der Waals surface area (Å²) in [6.45, 7) is 11.9. The van der Waals surface area contributed by atoms with Gasteiger partial charge in [-0.15, -0.1) is 0 Å². The number of benzene rings is 2. The molecule has 23 heavy (non-hydrogen) atoms. The molecule has 0 radical (unpaired) electrons. The summed E-state index contributed by atoms with van der Waals surface area (Å²) < 4.78 is 2.40. The molecule has 3 rings (SSSR count). The molecule has 0 spiro atoms. The van der Waals surface area contributed by atoms with Crippen molar-refractivity contribution < 1.29 is 0 Å². The van der Waals surface area contributed by atoms with Crippen LogP contribution in [0.25, 0.3) is 21.8 Å². The summed E-state index contributed by atoms with van der Waals surface area (Å²) in [5.74, 6) is -0.365. The van der Waals surface area contributed by atoms with Crippen molar-refractivity contribution in [1.82, 2.24) is 15.2 Å². The maximum Gasteiger partial charge on any atom is 0.148 e. The van der Waals surface area contributed by atoms with Gasteiger partial charge in [-0.05, 0) is 46.4 Å². The standard InChI is InChI=1S/C20H27N3/c1-6-21-20(5,22-19(2,3)4)23-17-13-9-7-11-15(17)16-12-8-10-14-18(16)23/h7-14,21-22H,6H2,1-5H3. The average molecular weight is 309 g/mol. The fraction of sp³-hybridized carbons (Fsp3) is 0.400. The van der Waals surface area contributed by atoms with Crippen LogP contribution in [-0.2, 0) is 5.79 Å². The van der Waals surface area contributed by atoms with Gasteiger partial charge in [0.05, 0.1) is 11.0 Å². The smallest absolute Gasteiger partial charge is 0.148 e. The first-order valence-electron chi connectivity index (χ1n) is 8.39. The van der Waals surface area contributed by atoms with Gasteiger partial charge in [-0.25, -0.2) is 0 Å². The minimum Gasteiger partial charge on any atom is -0.309 e. The first-order valence-corrected chi connectivity index (χ1v) is 8.39. The summed E-state index contributed by atoms with van der Waals surface area (Å²) in [5, 5.41) is 10.0. The van der Waals surface area contributed by atoms with E-state index in [0.29, 0.717) is 0 Å². The molecule has 0 saturated heterocycles. The van der Waals surface area contributed by atoms with Crippen LogP contribution in [0.5, 0.6) is 0 Å². The molecule has 0 bridgehead atoms. The van der Waals surface area contributed by atoms with Crippen LogP contribution in [0.3, 0.4) is 0 Å². The third-order valence-corrected chi connectivity index (χ3v) is 4.17. The summed E-state index contributed by atoms with van der Waals surface area (Å²) in [7, 11) is 0. The molecule has 1 unspecified atom stereocenters. The summed E-state index contributed by atoms with van der Waals surface area (Å²) in [6.07, 6.45) is 0. The quantitative estimate of drug-likeness (QED) is 0.698. The first-order chi connectivity index (χ1) is 10.9. The Labute approximate surface area is 138 Å². The number of aromatic nitrogens is 1. The molecule has 2 N–H and O–H groups in total. The Morgan fingerprint density at radius 2 is 1.30 bits per heavy atom. The Balaban J connectivity index is 2.34. The Morgan fingerprint density at radius 3 is 1.74 bits per heavy atom. The monoisotopic (exact) mass is 309 g/mol. The highest BCUT2D eigenvalue weighted by Gasteiger charge is 2.32. The predicted octanol–water partition coefficient (Wildman–Crippen LogP) is 4.42. The van der Waals surface area contributed by atoms with Crippen molar-refractivity contribution in [2.75, 3.05) is 6.54 Å². The van der Waals surface area contributed by atoms with Gasteiger partial charge in [-0.1, -0.05) is 43.3 Å². The molecule has 1 atom stereocenters. The van der Waals surface area contributed by atoms with Crippen molar-refractivity contribution in [3.63, 3.8) is 0 Å². The number of para-hydroxylation sites is 2. The molecule has 3 heteroatoms. The molecule has 3 nitrogen and oxygen atoms in total. The van der Waals surface area contributed by atoms with E-state index in [-0.39, 0.29) is 11.3 Å². The largest absolute Gasteiger partial charge is 0.309 e. The highest BCUT2D eigenvalue weighted by molar-refractivity contribution is 6.08. The third kappa shape index (κ3) is 2.87. The highest BCUT2D eigenvalue weighted by Crippen LogP contribution is 2.33. The molecule has 122 valence electrons. The Hall–Kier alpha value is -1.84. The average Bonchev–Trinajstić information content (AvgIpc) is 2.80. The zero-order valence-corrected chi connectivity index (χ0v) is 14.8. The number of rotatable bonds is 4. The SMILES string of the molecule is CCNC(C)(NC(C)(C)C)n1c2ccccc2c2ccccc21. The van der Waals surface area contributed by atoms with E-state index >= 15 is 0 Å². The Morgan fingerprint density at radius 1 is 0.826 bits per heavy atom. The van der Waals surface area contributed by atoms with Crippen LogP contribution in [0.2, 0.25) is 0 Å². The van der Waals surface area contributed by atoms with Crippen molar-refractivity contribution in [3.05, 3.63) is 48.5 Å². The minimum atomic E-state index is -0.365. The second-order valence-electron chi connectivity index (χ2n) is 7.35. The fourth-order valence-corrected chi connectivity index (χ4v) is 3.66. The fourth-order valence-electron chi connectivity index (χ4n) is 3.66. The van der Waals surface area contributed by atoms with Crippen LogP contribution in [-0.4, -0.2) is 16.7 Å². The van der Waals surface area contributed by atoms with E-state index in [4.69, 9.17) is 0 Å². The third-order valence-electron chi connectivity index (χ3n) is 4.17. The molecular weight excluding hydrogens is 282 g/mol. The lowest BCUT2D eigenvalue weighted by molar-refractivity contribution is 0.145. The van der Waals surface area contributed by atoms with E-state index in [9.17, 15) is 0 Å². The predicted molar refractivity (Wildman–Crippen MR) is 99.7 cm³/mol. The normalized spacial score (nSPS) is 15.2. The second kappa shape index (κ2) is 5.66. The minimum absolute atomic E-state index is 0.0105. The van der Waals surface area contributed by atoms with E-state index < -0.39 is 0 Å². The highest BCUT2D eigenvalue weighted by atomic mass is 15.4. The number of hydrogen-bond acceptors (Lipinski definition) is 2. The van der Waals surface area contributed by atoms with E-state index in [1.54, 1.807) is 0 Å². The van der Waals surface area contributed by atoms with Crippen LogP contribution in [0.4, 0.5) is 0 Å². The molecule has 1 aromatic heterocycles. The maximum absolute atomic E-state index is 3.77. The van der Waals surface area contributed by atoms with Crippen molar-refractivity contribution in [3.8, 4) is 0 Å². The lowest BCUT2D eigenvalue weighted by Gasteiger charge is -2.40. The van der Waals surface area contributed by atoms with Crippen LogP contribution < -0.4 is 10.6 Å². The number of nitrogens with zero attached hydrogens (tertiary/aromatic N) is 1. The first kappa shape index (κ1) is 16.0. The summed E-state index contributed by atoms with van der Waals surface area (Å²) in [5.41, 5.74) is 2.48. The molecule has 0 saturated carbocycles. The van der Waals surface area contributed by atoms with E-state index in [1.807, 2.05) is 0 Å². The van der Waals surface area contributed by atoms with Gasteiger partial charge >= 0.3 is 0 Å². The van der Waals surface area contributed by atoms with Crippen molar-refractivity contribution in [2.24, 2.45) is 0 Å². The van der Waals surface area contributed by atoms with Gasteiger partial charge in [-0.2, -0.15) is 0 Å². The van der Waals surface area contributed by atoms with Gasteiger partial charge in [-0.3, -0.25) is 10.6 Å². The molecule has 0 aliphatic rings. The molecule has 0 aliphatic heterocycles. The van der Waals surface area contributed by atoms with Crippen molar-refractivity contribution >= 4 is 21.8 Å². The zero-order chi connectivity index (χ0) is 16.7. The molecule has 0 fully saturated rings.